The van der Waals surface area contributed by atoms with Gasteiger partial charge in [0.05, 0.1) is 0 Å². The lowest BCUT2D eigenvalue weighted by Crippen LogP contribution is -2.31. The quantitative estimate of drug-likeness (QED) is 0.679. The second-order valence-corrected chi connectivity index (χ2v) is 6.75. The lowest BCUT2D eigenvalue weighted by Gasteiger charge is -2.35. The van der Waals surface area contributed by atoms with Crippen LogP contribution in [0.4, 0.5) is 0 Å². The fourth-order valence-corrected chi connectivity index (χ4v) is 4.43. The van der Waals surface area contributed by atoms with Crippen LogP contribution >= 0.6 is 0 Å². The summed E-state index contributed by atoms with van der Waals surface area (Å²) in [6.07, 6.45) is 13.3. The summed E-state index contributed by atoms with van der Waals surface area (Å²) in [6, 6.07) is 0. The first-order valence-corrected chi connectivity index (χ1v) is 8.55. The van der Waals surface area contributed by atoms with E-state index in [0.717, 1.165) is 23.7 Å². The standard InChI is InChI=1S/C17H33N/c1-3-12-18-13-16-6-5-7-17(16)15-10-8-14(4-2)9-11-15/h14-18H,3-13H2,1-2H3. The molecule has 0 heterocycles. The lowest BCUT2D eigenvalue weighted by molar-refractivity contribution is 0.167. The van der Waals surface area contributed by atoms with Crippen LogP contribution in [0.5, 0.6) is 0 Å². The van der Waals surface area contributed by atoms with Crippen molar-refractivity contribution in [1.82, 2.24) is 5.32 Å². The molecule has 0 bridgehead atoms. The molecule has 1 N–H and O–H groups in total. The molecule has 106 valence electrons. The molecule has 2 atom stereocenters. The van der Waals surface area contributed by atoms with Gasteiger partial charge in [0.25, 0.3) is 0 Å². The Balaban J connectivity index is 1.76. The molecule has 0 spiro atoms. The molecule has 0 radical (unpaired) electrons. The van der Waals surface area contributed by atoms with E-state index < -0.39 is 0 Å². The zero-order valence-electron chi connectivity index (χ0n) is 12.6. The summed E-state index contributed by atoms with van der Waals surface area (Å²) in [7, 11) is 0. The molecule has 2 aliphatic carbocycles. The van der Waals surface area contributed by atoms with Crippen LogP contribution in [0.3, 0.4) is 0 Å². The summed E-state index contributed by atoms with van der Waals surface area (Å²) in [5.41, 5.74) is 0. The highest BCUT2D eigenvalue weighted by Gasteiger charge is 2.34. The monoisotopic (exact) mass is 251 g/mol. The van der Waals surface area contributed by atoms with E-state index in [1.54, 1.807) is 0 Å². The Morgan fingerprint density at radius 3 is 2.39 bits per heavy atom. The highest BCUT2D eigenvalue weighted by molar-refractivity contribution is 4.86. The van der Waals surface area contributed by atoms with Gasteiger partial charge in [-0.1, -0.05) is 39.5 Å². The Hall–Kier alpha value is -0.0400. The topological polar surface area (TPSA) is 12.0 Å². The smallest absolute Gasteiger partial charge is 0.00178 e. The molecule has 2 saturated carbocycles. The van der Waals surface area contributed by atoms with Crippen molar-refractivity contribution in [1.29, 1.82) is 0 Å². The van der Waals surface area contributed by atoms with Gasteiger partial charge in [0.2, 0.25) is 0 Å². The van der Waals surface area contributed by atoms with E-state index in [1.165, 1.54) is 70.9 Å². The minimum atomic E-state index is 1.000. The minimum absolute atomic E-state index is 1.000. The van der Waals surface area contributed by atoms with Gasteiger partial charge in [-0.15, -0.1) is 0 Å². The summed E-state index contributed by atoms with van der Waals surface area (Å²) < 4.78 is 0. The van der Waals surface area contributed by atoms with E-state index in [4.69, 9.17) is 0 Å². The van der Waals surface area contributed by atoms with Crippen molar-refractivity contribution in [2.24, 2.45) is 23.7 Å². The van der Waals surface area contributed by atoms with Crippen LogP contribution in [0.15, 0.2) is 0 Å². The SMILES string of the molecule is CCCNCC1CCCC1C1CCC(CC)CC1. The van der Waals surface area contributed by atoms with Crippen LogP contribution in [0, 0.1) is 23.7 Å². The molecular formula is C17H33N. The van der Waals surface area contributed by atoms with E-state index in [1.807, 2.05) is 0 Å². The van der Waals surface area contributed by atoms with Crippen molar-refractivity contribution >= 4 is 0 Å². The molecule has 2 aliphatic rings. The molecule has 1 nitrogen and oxygen atoms in total. The molecule has 1 heteroatoms. The predicted octanol–water partition coefficient (Wildman–Crippen LogP) is 4.62. The molecule has 0 aliphatic heterocycles. The summed E-state index contributed by atoms with van der Waals surface area (Å²) in [5, 5.41) is 3.67. The van der Waals surface area contributed by atoms with Gasteiger partial charge in [-0.2, -0.15) is 0 Å². The van der Waals surface area contributed by atoms with Crippen LogP contribution in [-0.2, 0) is 0 Å². The molecular weight excluding hydrogens is 218 g/mol. The van der Waals surface area contributed by atoms with Crippen molar-refractivity contribution in [2.45, 2.75) is 71.6 Å². The van der Waals surface area contributed by atoms with Gasteiger partial charge >= 0.3 is 0 Å². The maximum Gasteiger partial charge on any atom is -0.00178 e. The number of rotatable bonds is 6. The van der Waals surface area contributed by atoms with Crippen LogP contribution in [0.1, 0.15) is 71.6 Å². The fourth-order valence-electron chi connectivity index (χ4n) is 4.43. The number of hydrogen-bond acceptors (Lipinski definition) is 1. The average molecular weight is 251 g/mol. The lowest BCUT2D eigenvalue weighted by atomic mass is 9.72. The zero-order chi connectivity index (χ0) is 12.8. The van der Waals surface area contributed by atoms with Crippen LogP contribution in [0.25, 0.3) is 0 Å². The minimum Gasteiger partial charge on any atom is -0.316 e. The maximum atomic E-state index is 3.67. The molecule has 2 rings (SSSR count). The second-order valence-electron chi connectivity index (χ2n) is 6.75. The molecule has 0 amide bonds. The maximum absolute atomic E-state index is 3.67. The molecule has 0 aromatic carbocycles. The Labute approximate surface area is 114 Å². The van der Waals surface area contributed by atoms with Gasteiger partial charge in [-0.25, -0.2) is 0 Å². The molecule has 18 heavy (non-hydrogen) atoms. The summed E-state index contributed by atoms with van der Waals surface area (Å²) >= 11 is 0. The van der Waals surface area contributed by atoms with Gasteiger partial charge in [0.15, 0.2) is 0 Å². The fraction of sp³-hybridized carbons (Fsp3) is 1.00. The van der Waals surface area contributed by atoms with Crippen LogP contribution < -0.4 is 5.32 Å². The Kier molecular flexibility index (Phi) is 6.01. The van der Waals surface area contributed by atoms with E-state index in [0.29, 0.717) is 0 Å². The van der Waals surface area contributed by atoms with Crippen molar-refractivity contribution in [3.8, 4) is 0 Å². The first-order chi connectivity index (χ1) is 8.85. The third-order valence-corrected chi connectivity index (χ3v) is 5.63. The van der Waals surface area contributed by atoms with Crippen molar-refractivity contribution < 1.29 is 0 Å². The van der Waals surface area contributed by atoms with Gasteiger partial charge < -0.3 is 5.32 Å². The van der Waals surface area contributed by atoms with E-state index in [-0.39, 0.29) is 0 Å². The zero-order valence-corrected chi connectivity index (χ0v) is 12.6. The normalized spacial score (nSPS) is 37.0. The number of hydrogen-bond donors (Lipinski definition) is 1. The largest absolute Gasteiger partial charge is 0.316 e. The Bertz CT molecular complexity index is 218. The summed E-state index contributed by atoms with van der Waals surface area (Å²) in [6.45, 7) is 7.15. The van der Waals surface area contributed by atoms with Gasteiger partial charge in [0.1, 0.15) is 0 Å². The van der Waals surface area contributed by atoms with E-state index in [9.17, 15) is 0 Å². The highest BCUT2D eigenvalue weighted by atomic mass is 14.9. The summed E-state index contributed by atoms with van der Waals surface area (Å²) in [5.74, 6) is 4.19. The van der Waals surface area contributed by atoms with Gasteiger partial charge in [-0.3, -0.25) is 0 Å². The molecule has 2 unspecified atom stereocenters. The first kappa shape index (κ1) is 14.4. The van der Waals surface area contributed by atoms with Crippen LogP contribution in [-0.4, -0.2) is 13.1 Å². The average Bonchev–Trinajstić information content (AvgIpc) is 2.88. The highest BCUT2D eigenvalue weighted by Crippen LogP contribution is 2.44. The molecule has 0 aromatic rings. The van der Waals surface area contributed by atoms with E-state index in [2.05, 4.69) is 19.2 Å². The number of nitrogens with one attached hydrogen (secondary N) is 1. The second kappa shape index (κ2) is 7.53. The third kappa shape index (κ3) is 3.73. The van der Waals surface area contributed by atoms with Crippen molar-refractivity contribution in [3.63, 3.8) is 0 Å². The molecule has 0 aromatic heterocycles. The predicted molar refractivity (Wildman–Crippen MR) is 79.7 cm³/mol. The Morgan fingerprint density at radius 1 is 0.944 bits per heavy atom. The van der Waals surface area contributed by atoms with Crippen molar-refractivity contribution in [2.75, 3.05) is 13.1 Å². The van der Waals surface area contributed by atoms with E-state index >= 15 is 0 Å². The summed E-state index contributed by atoms with van der Waals surface area (Å²) in [4.78, 5) is 0. The molecule has 0 saturated heterocycles. The van der Waals surface area contributed by atoms with Gasteiger partial charge in [-0.05, 0) is 68.9 Å². The first-order valence-electron chi connectivity index (χ1n) is 8.55. The molecule has 2 fully saturated rings. The third-order valence-electron chi connectivity index (χ3n) is 5.63. The Morgan fingerprint density at radius 2 is 1.72 bits per heavy atom. The van der Waals surface area contributed by atoms with Crippen LogP contribution in [0.2, 0.25) is 0 Å². The van der Waals surface area contributed by atoms with Crippen molar-refractivity contribution in [3.05, 3.63) is 0 Å². The van der Waals surface area contributed by atoms with Gasteiger partial charge in [0, 0.05) is 0 Å².